The van der Waals surface area contributed by atoms with Gasteiger partial charge in [0.15, 0.2) is 17.3 Å². The predicted molar refractivity (Wildman–Crippen MR) is 126 cm³/mol. The molecule has 0 radical (unpaired) electrons. The number of benzene rings is 2. The first kappa shape index (κ1) is 22.5. The van der Waals surface area contributed by atoms with Crippen molar-refractivity contribution >= 4 is 17.4 Å². The first-order valence-electron chi connectivity index (χ1n) is 10.9. The number of nitrogens with one attached hydrogen (secondary N) is 2. The number of methoxy groups -OCH3 is 3. The highest BCUT2D eigenvalue weighted by molar-refractivity contribution is 6.10. The molecule has 4 rings (SSSR count). The van der Waals surface area contributed by atoms with Crippen LogP contribution in [0.2, 0.25) is 0 Å². The summed E-state index contributed by atoms with van der Waals surface area (Å²) < 4.78 is 16.6. The lowest BCUT2D eigenvalue weighted by atomic mass is 9.74. The second kappa shape index (κ2) is 9.40. The molecular formula is C26H28N2O5. The molecule has 0 spiro atoms. The number of ether oxygens (including phenoxy) is 3. The fraction of sp³-hybridized carbons (Fsp3) is 0.308. The Bertz CT molecular complexity index is 1170. The second-order valence-corrected chi connectivity index (χ2v) is 8.00. The number of carbonyl (C=O) groups is 2. The van der Waals surface area contributed by atoms with Crippen molar-refractivity contribution < 1.29 is 23.8 Å². The molecule has 0 aromatic heterocycles. The van der Waals surface area contributed by atoms with E-state index in [1.54, 1.807) is 39.5 Å². The van der Waals surface area contributed by atoms with Crippen LogP contribution in [0.5, 0.6) is 17.2 Å². The van der Waals surface area contributed by atoms with E-state index in [9.17, 15) is 9.59 Å². The highest BCUT2D eigenvalue weighted by Crippen LogP contribution is 2.47. The Morgan fingerprint density at radius 3 is 2.42 bits per heavy atom. The van der Waals surface area contributed by atoms with Crippen LogP contribution in [0.25, 0.3) is 0 Å². The lowest BCUT2D eigenvalue weighted by molar-refractivity contribution is -0.116. The van der Waals surface area contributed by atoms with Gasteiger partial charge in [-0.15, -0.1) is 0 Å². The largest absolute Gasteiger partial charge is 0.495 e. The maximum Gasteiger partial charge on any atom is 0.254 e. The zero-order chi connectivity index (χ0) is 23.5. The molecule has 0 fully saturated rings. The van der Waals surface area contributed by atoms with Crippen LogP contribution >= 0.6 is 0 Å². The van der Waals surface area contributed by atoms with Crippen LogP contribution in [0.3, 0.4) is 0 Å². The standard InChI is InChI=1S/C26H28N2O5/c1-15-22(26(30)28-17-10-5-6-13-20(17)31-2)23(24-18(27-15)11-8-12-19(24)29)16-9-7-14-21(32-3)25(16)33-4/h5-7,9-10,13-14,23,27H,8,11-12H2,1-4H3,(H,28,30)/t23-/m0/s1. The molecule has 0 saturated carbocycles. The molecular weight excluding hydrogens is 420 g/mol. The molecule has 172 valence electrons. The van der Waals surface area contributed by atoms with Crippen molar-refractivity contribution in [1.29, 1.82) is 0 Å². The van der Waals surface area contributed by atoms with Crippen molar-refractivity contribution in [3.8, 4) is 17.2 Å². The van der Waals surface area contributed by atoms with Crippen molar-refractivity contribution in [2.24, 2.45) is 0 Å². The molecule has 1 aliphatic heterocycles. The summed E-state index contributed by atoms with van der Waals surface area (Å²) >= 11 is 0. The number of anilines is 1. The van der Waals surface area contributed by atoms with E-state index < -0.39 is 5.92 Å². The first-order valence-corrected chi connectivity index (χ1v) is 10.9. The number of para-hydroxylation sites is 3. The lowest BCUT2D eigenvalue weighted by Gasteiger charge is -2.35. The van der Waals surface area contributed by atoms with Gasteiger partial charge in [0.1, 0.15) is 5.75 Å². The van der Waals surface area contributed by atoms with E-state index in [2.05, 4.69) is 10.6 Å². The molecule has 1 atom stereocenters. The van der Waals surface area contributed by atoms with E-state index in [4.69, 9.17) is 14.2 Å². The number of rotatable bonds is 6. The zero-order valence-corrected chi connectivity index (χ0v) is 19.3. The molecule has 2 N–H and O–H groups in total. The van der Waals surface area contributed by atoms with Gasteiger partial charge < -0.3 is 24.8 Å². The number of dihydropyridines is 1. The summed E-state index contributed by atoms with van der Waals surface area (Å²) in [5, 5.41) is 6.30. The second-order valence-electron chi connectivity index (χ2n) is 8.00. The Hall–Kier alpha value is -3.74. The summed E-state index contributed by atoms with van der Waals surface area (Å²) in [5.41, 5.74) is 3.91. The van der Waals surface area contributed by atoms with Gasteiger partial charge >= 0.3 is 0 Å². The van der Waals surface area contributed by atoms with Crippen molar-refractivity contribution in [2.75, 3.05) is 26.6 Å². The lowest BCUT2D eigenvalue weighted by Crippen LogP contribution is -2.35. The van der Waals surface area contributed by atoms with Crippen molar-refractivity contribution in [1.82, 2.24) is 5.32 Å². The highest BCUT2D eigenvalue weighted by atomic mass is 16.5. The molecule has 0 saturated heterocycles. The summed E-state index contributed by atoms with van der Waals surface area (Å²) in [6.07, 6.45) is 1.98. The SMILES string of the molecule is COc1ccccc1NC(=O)C1=C(C)NC2=C(C(=O)CCC2)[C@H]1c1cccc(OC)c1OC. The minimum absolute atomic E-state index is 0.0358. The van der Waals surface area contributed by atoms with E-state index in [1.807, 2.05) is 31.2 Å². The van der Waals surface area contributed by atoms with Gasteiger partial charge in [0, 0.05) is 34.5 Å². The summed E-state index contributed by atoms with van der Waals surface area (Å²) in [6.45, 7) is 1.86. The van der Waals surface area contributed by atoms with Gasteiger partial charge in [-0.05, 0) is 38.0 Å². The van der Waals surface area contributed by atoms with Crippen LogP contribution in [0.4, 0.5) is 5.69 Å². The van der Waals surface area contributed by atoms with Gasteiger partial charge in [-0.3, -0.25) is 9.59 Å². The van der Waals surface area contributed by atoms with Crippen molar-refractivity contribution in [3.05, 3.63) is 70.6 Å². The average Bonchev–Trinajstić information content (AvgIpc) is 2.83. The van der Waals surface area contributed by atoms with Gasteiger partial charge in [-0.25, -0.2) is 0 Å². The normalized spacial score (nSPS) is 17.8. The third kappa shape index (κ3) is 4.06. The summed E-state index contributed by atoms with van der Waals surface area (Å²) in [6, 6.07) is 12.7. The number of allylic oxidation sites excluding steroid dienone is 3. The molecule has 0 unspecified atom stereocenters. The molecule has 2 aromatic carbocycles. The van der Waals surface area contributed by atoms with E-state index in [1.165, 1.54) is 0 Å². The molecule has 7 heteroatoms. The fourth-order valence-electron chi connectivity index (χ4n) is 4.67. The average molecular weight is 449 g/mol. The third-order valence-electron chi connectivity index (χ3n) is 6.12. The number of amides is 1. The first-order chi connectivity index (χ1) is 16.0. The number of ketones is 1. The van der Waals surface area contributed by atoms with Crippen LogP contribution in [-0.2, 0) is 9.59 Å². The molecule has 2 aliphatic rings. The van der Waals surface area contributed by atoms with Crippen LogP contribution in [-0.4, -0.2) is 33.0 Å². The van der Waals surface area contributed by atoms with E-state index >= 15 is 0 Å². The molecule has 33 heavy (non-hydrogen) atoms. The van der Waals surface area contributed by atoms with Crippen molar-refractivity contribution in [3.63, 3.8) is 0 Å². The summed E-state index contributed by atoms with van der Waals surface area (Å²) in [7, 11) is 4.68. The smallest absolute Gasteiger partial charge is 0.254 e. The van der Waals surface area contributed by atoms with E-state index in [-0.39, 0.29) is 11.7 Å². The highest BCUT2D eigenvalue weighted by Gasteiger charge is 2.40. The molecule has 1 amide bonds. The monoisotopic (exact) mass is 448 g/mol. The number of carbonyl (C=O) groups excluding carboxylic acids is 2. The molecule has 1 heterocycles. The quantitative estimate of drug-likeness (QED) is 0.685. The summed E-state index contributed by atoms with van der Waals surface area (Å²) in [4.78, 5) is 26.9. The third-order valence-corrected chi connectivity index (χ3v) is 6.12. The van der Waals surface area contributed by atoms with Crippen LogP contribution in [0.15, 0.2) is 65.0 Å². The van der Waals surface area contributed by atoms with Crippen molar-refractivity contribution in [2.45, 2.75) is 32.1 Å². The zero-order valence-electron chi connectivity index (χ0n) is 19.3. The fourth-order valence-corrected chi connectivity index (χ4v) is 4.67. The van der Waals surface area contributed by atoms with Gasteiger partial charge in [0.2, 0.25) is 0 Å². The molecule has 1 aliphatic carbocycles. The molecule has 0 bridgehead atoms. The van der Waals surface area contributed by atoms with E-state index in [0.29, 0.717) is 51.8 Å². The molecule has 2 aromatic rings. The van der Waals surface area contributed by atoms with Gasteiger partial charge in [0.25, 0.3) is 5.91 Å². The predicted octanol–water partition coefficient (Wildman–Crippen LogP) is 4.32. The number of hydrogen-bond acceptors (Lipinski definition) is 6. The summed E-state index contributed by atoms with van der Waals surface area (Å²) in [5.74, 6) is 0.734. The Kier molecular flexibility index (Phi) is 6.40. The topological polar surface area (TPSA) is 85.9 Å². The van der Waals surface area contributed by atoms with E-state index in [0.717, 1.165) is 18.5 Å². The number of Topliss-reactive ketones (excluding diaryl/α,β-unsaturated/α-hetero) is 1. The number of hydrogen-bond donors (Lipinski definition) is 2. The Morgan fingerprint density at radius 1 is 0.970 bits per heavy atom. The van der Waals surface area contributed by atoms with Gasteiger partial charge in [-0.2, -0.15) is 0 Å². The van der Waals surface area contributed by atoms with Crippen LogP contribution in [0, 0.1) is 0 Å². The van der Waals surface area contributed by atoms with Gasteiger partial charge in [-0.1, -0.05) is 24.3 Å². The Morgan fingerprint density at radius 2 is 1.70 bits per heavy atom. The van der Waals surface area contributed by atoms with Gasteiger partial charge in [0.05, 0.1) is 32.9 Å². The minimum Gasteiger partial charge on any atom is -0.495 e. The Labute approximate surface area is 193 Å². The maximum atomic E-state index is 13.7. The van der Waals surface area contributed by atoms with Crippen LogP contribution in [0.1, 0.15) is 37.7 Å². The Balaban J connectivity index is 1.86. The maximum absolute atomic E-state index is 13.7. The minimum atomic E-state index is -0.589. The van der Waals surface area contributed by atoms with Crippen LogP contribution < -0.4 is 24.8 Å². The molecule has 7 nitrogen and oxygen atoms in total.